The lowest BCUT2D eigenvalue weighted by atomic mass is 10.1. The molecule has 0 aliphatic carbocycles. The van der Waals surface area contributed by atoms with Crippen LogP contribution in [0, 0.1) is 26.6 Å². The molecule has 1 heterocycles. The molecule has 4 aromatic rings. The van der Waals surface area contributed by atoms with E-state index < -0.39 is 5.82 Å². The lowest BCUT2D eigenvalue weighted by Gasteiger charge is -2.14. The Morgan fingerprint density at radius 3 is 2.62 bits per heavy atom. The Bertz CT molecular complexity index is 1390. The minimum atomic E-state index is -0.415. The number of halogens is 2. The van der Waals surface area contributed by atoms with Crippen molar-refractivity contribution in [2.75, 3.05) is 11.1 Å². The van der Waals surface area contributed by atoms with E-state index in [-0.39, 0.29) is 17.4 Å². The highest BCUT2D eigenvalue weighted by Gasteiger charge is 2.21. The number of aromatic hydroxyl groups is 1. The van der Waals surface area contributed by atoms with Crippen molar-refractivity contribution in [2.45, 2.75) is 25.9 Å². The molecule has 0 saturated carbocycles. The molecular weight excluding hydrogens is 519 g/mol. The zero-order chi connectivity index (χ0) is 24.4. The zero-order valence-electron chi connectivity index (χ0n) is 18.8. The van der Waals surface area contributed by atoms with Gasteiger partial charge in [-0.1, -0.05) is 51.5 Å². The summed E-state index contributed by atoms with van der Waals surface area (Å²) in [5, 5.41) is 22.4. The molecule has 0 atom stereocenters. The highest BCUT2D eigenvalue weighted by Crippen LogP contribution is 2.35. The fourth-order valence-electron chi connectivity index (χ4n) is 3.54. The Morgan fingerprint density at radius 2 is 1.85 bits per heavy atom. The van der Waals surface area contributed by atoms with Crippen LogP contribution in [0.15, 0.2) is 64.2 Å². The van der Waals surface area contributed by atoms with Crippen molar-refractivity contribution in [1.82, 2.24) is 14.8 Å². The Balaban J connectivity index is 1.68. The molecule has 3 aromatic carbocycles. The van der Waals surface area contributed by atoms with Gasteiger partial charge in [0.25, 0.3) is 0 Å². The quantitative estimate of drug-likeness (QED) is 0.284. The van der Waals surface area contributed by atoms with E-state index in [4.69, 9.17) is 0 Å². The van der Waals surface area contributed by atoms with E-state index in [0.29, 0.717) is 22.2 Å². The summed E-state index contributed by atoms with van der Waals surface area (Å²) >= 11 is 4.65. The molecule has 0 bridgehead atoms. The maximum atomic E-state index is 13.6. The first kappa shape index (κ1) is 24.0. The average molecular weight is 541 g/mol. The van der Waals surface area contributed by atoms with Crippen molar-refractivity contribution in [3.05, 3.63) is 81.6 Å². The molecule has 1 aromatic heterocycles. The van der Waals surface area contributed by atoms with Crippen LogP contribution in [0.4, 0.5) is 10.1 Å². The number of thioether (sulfide) groups is 1. The van der Waals surface area contributed by atoms with Gasteiger partial charge < -0.3 is 10.4 Å². The number of anilines is 1. The van der Waals surface area contributed by atoms with Crippen LogP contribution in [-0.4, -0.2) is 31.5 Å². The van der Waals surface area contributed by atoms with Crippen molar-refractivity contribution in [2.24, 2.45) is 0 Å². The number of rotatable bonds is 6. The highest BCUT2D eigenvalue weighted by atomic mass is 79.9. The summed E-state index contributed by atoms with van der Waals surface area (Å²) in [6, 6.07) is 15.4. The second-order valence-electron chi connectivity index (χ2n) is 7.89. The third-order valence-electron chi connectivity index (χ3n) is 5.23. The van der Waals surface area contributed by atoms with Crippen molar-refractivity contribution in [3.63, 3.8) is 0 Å². The van der Waals surface area contributed by atoms with Gasteiger partial charge in [0, 0.05) is 10.2 Å². The average Bonchev–Trinajstić information content (AvgIpc) is 3.20. The summed E-state index contributed by atoms with van der Waals surface area (Å²) in [5.74, 6) is -0.141. The Kier molecular flexibility index (Phi) is 7.04. The van der Waals surface area contributed by atoms with E-state index in [1.807, 2.05) is 36.6 Å². The van der Waals surface area contributed by atoms with Gasteiger partial charge >= 0.3 is 0 Å². The summed E-state index contributed by atoms with van der Waals surface area (Å²) in [7, 11) is 0. The molecule has 0 unspecified atom stereocenters. The molecule has 0 fully saturated rings. The Labute approximate surface area is 209 Å². The molecule has 1 amide bonds. The number of aryl methyl sites for hydroxylation is 3. The fraction of sp³-hybridized carbons (Fsp3) is 0.160. The molecule has 0 aliphatic heterocycles. The van der Waals surface area contributed by atoms with Crippen molar-refractivity contribution in [1.29, 1.82) is 0 Å². The van der Waals surface area contributed by atoms with Crippen molar-refractivity contribution < 1.29 is 14.3 Å². The first-order valence-electron chi connectivity index (χ1n) is 10.4. The van der Waals surface area contributed by atoms with Gasteiger partial charge in [0.15, 0.2) is 11.0 Å². The number of hydrogen-bond donors (Lipinski definition) is 2. The monoisotopic (exact) mass is 540 g/mol. The van der Waals surface area contributed by atoms with Crippen LogP contribution >= 0.6 is 27.7 Å². The predicted octanol–water partition coefficient (Wildman–Crippen LogP) is 6.20. The zero-order valence-corrected chi connectivity index (χ0v) is 21.2. The van der Waals surface area contributed by atoms with Crippen LogP contribution in [0.25, 0.3) is 17.1 Å². The minimum absolute atomic E-state index is 0.0451. The minimum Gasteiger partial charge on any atom is -0.507 e. The van der Waals surface area contributed by atoms with Crippen LogP contribution in [0.2, 0.25) is 0 Å². The van der Waals surface area contributed by atoms with Crippen LogP contribution in [0.5, 0.6) is 5.75 Å². The number of benzene rings is 3. The number of phenolic OH excluding ortho intramolecular Hbond substituents is 1. The first-order valence-corrected chi connectivity index (χ1v) is 12.2. The summed E-state index contributed by atoms with van der Waals surface area (Å²) in [6.07, 6.45) is 0. The maximum absolute atomic E-state index is 13.6. The maximum Gasteiger partial charge on any atom is 0.234 e. The summed E-state index contributed by atoms with van der Waals surface area (Å²) < 4.78 is 16.2. The van der Waals surface area contributed by atoms with Gasteiger partial charge in [-0.25, -0.2) is 4.39 Å². The third kappa shape index (κ3) is 5.15. The van der Waals surface area contributed by atoms with Gasteiger partial charge in [-0.15, -0.1) is 10.2 Å². The van der Waals surface area contributed by atoms with Gasteiger partial charge in [0.1, 0.15) is 11.6 Å². The topological polar surface area (TPSA) is 80.0 Å². The molecule has 6 nitrogen and oxygen atoms in total. The highest BCUT2D eigenvalue weighted by molar-refractivity contribution is 9.10. The van der Waals surface area contributed by atoms with Gasteiger partial charge in [0.05, 0.1) is 17.0 Å². The van der Waals surface area contributed by atoms with E-state index >= 15 is 0 Å². The molecule has 0 aliphatic rings. The Morgan fingerprint density at radius 1 is 1.06 bits per heavy atom. The second-order valence-corrected chi connectivity index (χ2v) is 9.75. The standard InChI is InChI=1S/C25H22BrFN4O2S/c1-14-4-8-21(16(3)10-14)31-24(19-11-17(26)6-9-22(19)32)29-30-25(31)34-13-23(33)28-20-12-18(27)7-5-15(20)2/h4-12,32H,13H2,1-3H3,(H,28,33). The first-order chi connectivity index (χ1) is 16.2. The van der Waals surface area contributed by atoms with E-state index in [9.17, 15) is 14.3 Å². The third-order valence-corrected chi connectivity index (χ3v) is 6.65. The van der Waals surface area contributed by atoms with Gasteiger partial charge in [0.2, 0.25) is 5.91 Å². The molecule has 4 rings (SSSR count). The van der Waals surface area contributed by atoms with Crippen molar-refractivity contribution in [3.8, 4) is 22.8 Å². The van der Waals surface area contributed by atoms with Crippen LogP contribution in [0.1, 0.15) is 16.7 Å². The number of amides is 1. The number of aromatic nitrogens is 3. The summed E-state index contributed by atoms with van der Waals surface area (Å²) in [5.41, 5.74) is 4.66. The molecule has 0 saturated heterocycles. The smallest absolute Gasteiger partial charge is 0.234 e. The van der Waals surface area contributed by atoms with Crippen LogP contribution in [-0.2, 0) is 4.79 Å². The van der Waals surface area contributed by atoms with Crippen LogP contribution in [0.3, 0.4) is 0 Å². The van der Waals surface area contributed by atoms with E-state index in [1.54, 1.807) is 31.2 Å². The number of carbonyl (C=O) groups is 1. The molecule has 0 radical (unpaired) electrons. The largest absolute Gasteiger partial charge is 0.507 e. The number of hydrogen-bond acceptors (Lipinski definition) is 5. The van der Waals surface area contributed by atoms with E-state index in [0.717, 1.165) is 26.9 Å². The van der Waals surface area contributed by atoms with Gasteiger partial charge in [-0.3, -0.25) is 9.36 Å². The number of phenols is 1. The molecule has 174 valence electrons. The summed E-state index contributed by atoms with van der Waals surface area (Å²) in [4.78, 5) is 12.6. The van der Waals surface area contributed by atoms with E-state index in [2.05, 4.69) is 31.4 Å². The normalized spacial score (nSPS) is 11.0. The number of carbonyl (C=O) groups excluding carboxylic acids is 1. The number of nitrogens with one attached hydrogen (secondary N) is 1. The molecule has 2 N–H and O–H groups in total. The predicted molar refractivity (Wildman–Crippen MR) is 136 cm³/mol. The van der Waals surface area contributed by atoms with Crippen molar-refractivity contribution >= 4 is 39.3 Å². The lowest BCUT2D eigenvalue weighted by molar-refractivity contribution is -0.113. The molecule has 34 heavy (non-hydrogen) atoms. The molecular formula is C25H22BrFN4O2S. The SMILES string of the molecule is Cc1ccc(-n2c(SCC(=O)Nc3cc(F)ccc3C)nnc2-c2cc(Br)ccc2O)c(C)c1. The second kappa shape index (κ2) is 9.99. The number of nitrogens with zero attached hydrogens (tertiary/aromatic N) is 3. The molecule has 9 heteroatoms. The Hall–Kier alpha value is -3.17. The van der Waals surface area contributed by atoms with E-state index in [1.165, 1.54) is 23.9 Å². The van der Waals surface area contributed by atoms with Crippen LogP contribution < -0.4 is 5.32 Å². The summed E-state index contributed by atoms with van der Waals surface area (Å²) in [6.45, 7) is 5.80. The lowest BCUT2D eigenvalue weighted by Crippen LogP contribution is -2.15. The molecule has 0 spiro atoms. The van der Waals surface area contributed by atoms with Gasteiger partial charge in [-0.05, 0) is 68.3 Å². The van der Waals surface area contributed by atoms with Gasteiger partial charge in [-0.2, -0.15) is 0 Å². The fourth-order valence-corrected chi connectivity index (χ4v) is 4.65.